The number of ether oxygens (including phenoxy) is 9. The van der Waals surface area contributed by atoms with E-state index in [4.69, 9.17) is 42.6 Å². The zero-order valence-corrected chi connectivity index (χ0v) is 58.8. The van der Waals surface area contributed by atoms with Gasteiger partial charge in [-0.15, -0.1) is 0 Å². The smallest absolute Gasteiger partial charge is 0.407 e. The Kier molecular flexibility index (Phi) is 32.7. The summed E-state index contributed by atoms with van der Waals surface area (Å²) in [5.41, 5.74) is 13.9. The van der Waals surface area contributed by atoms with E-state index in [0.717, 1.165) is 33.4 Å². The first-order chi connectivity index (χ1) is 50.0. The normalized spacial score (nSPS) is 12.7. The third-order valence-corrected chi connectivity index (χ3v) is 17.7. The van der Waals surface area contributed by atoms with Gasteiger partial charge in [0.15, 0.2) is 0 Å². The number of carbonyl (C=O) groups excluding carboxylic acids is 6. The maximum atomic E-state index is 13.3. The van der Waals surface area contributed by atoms with Gasteiger partial charge in [-0.1, -0.05) is 146 Å². The summed E-state index contributed by atoms with van der Waals surface area (Å²) in [5.74, 6) is -0.519. The molecular weight excluding hydrogens is 1300 g/mol. The van der Waals surface area contributed by atoms with Crippen molar-refractivity contribution in [2.75, 3.05) is 211 Å². The van der Waals surface area contributed by atoms with Crippen molar-refractivity contribution in [3.05, 3.63) is 179 Å². The van der Waals surface area contributed by atoms with E-state index in [-0.39, 0.29) is 108 Å². The Morgan fingerprint density at radius 2 is 0.549 bits per heavy atom. The number of carbonyl (C=O) groups is 6. The Morgan fingerprint density at radius 1 is 0.294 bits per heavy atom. The molecule has 7 N–H and O–H groups in total. The summed E-state index contributed by atoms with van der Waals surface area (Å²) >= 11 is 0. The Bertz CT molecular complexity index is 3470. The number of likely N-dealkylation sites (N-methyl/N-ethyl adjacent to an activating group) is 2. The standard InChI is InChI=1S/C77H100N10O15/c1-85(51-72(88)79-29-39-94-45-48-97-42-32-82-75(91)100-54-69-63-21-9-3-15-57(63)58-16-4-10-22-64(58)69)35-27-78-28-36-87(53-74(90)81-31-41-96-47-50-99-44-34-84-77(93)102-56-71-67-25-13-7-19-61(67)62-20-8-14-26-68(62)71)38-37-86(2)52-73(89)80-30-40-95-46-49-98-43-33-83-76(92)101-55-70-65-23-11-5-17-59(65)60-18-6-12-24-66(60)70/h3-26,69-71,78H,27-56H2,1-2H3,(H,79,88)(H,80,89)(H,81,90)(H,82,91)(H,83,92)(H,84,93). The van der Waals surface area contributed by atoms with Gasteiger partial charge in [0.2, 0.25) is 17.7 Å². The van der Waals surface area contributed by atoms with Crippen LogP contribution >= 0.6 is 0 Å². The van der Waals surface area contributed by atoms with Crippen molar-refractivity contribution in [1.82, 2.24) is 51.9 Å². The lowest BCUT2D eigenvalue weighted by molar-refractivity contribution is -0.123. The number of alkyl carbamates (subject to hydrolysis) is 3. The van der Waals surface area contributed by atoms with Crippen LogP contribution in [0.3, 0.4) is 0 Å². The van der Waals surface area contributed by atoms with Crippen LogP contribution in [-0.2, 0) is 57.0 Å². The molecular formula is C77H100N10O15. The lowest BCUT2D eigenvalue weighted by Crippen LogP contribution is -2.45. The van der Waals surface area contributed by atoms with E-state index in [1.807, 2.05) is 102 Å². The molecule has 0 aromatic heterocycles. The zero-order valence-electron chi connectivity index (χ0n) is 58.8. The topological polar surface area (TPSA) is 279 Å². The number of rotatable bonds is 48. The van der Waals surface area contributed by atoms with E-state index in [1.54, 1.807) is 0 Å². The second kappa shape index (κ2) is 43.2. The summed E-state index contributed by atoms with van der Waals surface area (Å²) < 4.78 is 50.6. The lowest BCUT2D eigenvalue weighted by Gasteiger charge is -2.25. The molecule has 0 atom stereocenters. The Hall–Kier alpha value is -8.86. The molecule has 0 spiro atoms. The molecule has 548 valence electrons. The SMILES string of the molecule is CN(CCNCCN(CCN(C)CC(=O)NCCOCCOCCNC(=O)OCC1c2ccccc2-c2ccccc21)CC(=O)NCCOCCOCCNC(=O)OCC1c2ccccc2-c2ccccc21)CC(=O)NCCOCCOCCNC(=O)OCC1c2ccccc2-c2ccccc21. The largest absolute Gasteiger partial charge is 0.449 e. The second-order valence-electron chi connectivity index (χ2n) is 25.0. The van der Waals surface area contributed by atoms with Crippen molar-refractivity contribution in [2.24, 2.45) is 0 Å². The van der Waals surface area contributed by atoms with Gasteiger partial charge in [-0.25, -0.2) is 14.4 Å². The second-order valence-corrected chi connectivity index (χ2v) is 25.0. The van der Waals surface area contributed by atoms with E-state index < -0.39 is 18.3 Å². The van der Waals surface area contributed by atoms with Crippen LogP contribution in [0.2, 0.25) is 0 Å². The van der Waals surface area contributed by atoms with Gasteiger partial charge in [0.25, 0.3) is 0 Å². The van der Waals surface area contributed by atoms with Crippen LogP contribution in [0.4, 0.5) is 14.4 Å². The minimum atomic E-state index is -0.506. The predicted molar refractivity (Wildman–Crippen MR) is 387 cm³/mol. The Labute approximate surface area is 598 Å². The molecule has 0 bridgehead atoms. The third-order valence-electron chi connectivity index (χ3n) is 17.7. The fourth-order valence-corrected chi connectivity index (χ4v) is 12.6. The summed E-state index contributed by atoms with van der Waals surface area (Å²) in [6.07, 6.45) is -1.50. The maximum Gasteiger partial charge on any atom is 0.407 e. The Morgan fingerprint density at radius 3 is 0.853 bits per heavy atom. The average molecular weight is 1410 g/mol. The number of fused-ring (bicyclic) bond motifs is 9. The molecule has 0 radical (unpaired) electrons. The van der Waals surface area contributed by atoms with E-state index >= 15 is 0 Å². The van der Waals surface area contributed by atoms with Crippen molar-refractivity contribution in [3.8, 4) is 33.4 Å². The molecule has 25 nitrogen and oxygen atoms in total. The minimum Gasteiger partial charge on any atom is -0.449 e. The van der Waals surface area contributed by atoms with Crippen molar-refractivity contribution >= 4 is 36.0 Å². The van der Waals surface area contributed by atoms with Crippen molar-refractivity contribution in [3.63, 3.8) is 0 Å². The molecule has 9 rings (SSSR count). The minimum absolute atomic E-state index is 0.0112. The average Bonchev–Trinajstić information content (AvgIpc) is 1.64. The zero-order chi connectivity index (χ0) is 71.4. The number of hydrogen-bond donors (Lipinski definition) is 7. The maximum absolute atomic E-state index is 13.3. The van der Waals surface area contributed by atoms with Crippen LogP contribution in [0.15, 0.2) is 146 Å². The molecule has 0 aliphatic heterocycles. The fourth-order valence-electron chi connectivity index (χ4n) is 12.6. The van der Waals surface area contributed by atoms with E-state index in [2.05, 4.69) is 110 Å². The van der Waals surface area contributed by atoms with Gasteiger partial charge in [-0.2, -0.15) is 0 Å². The van der Waals surface area contributed by atoms with E-state index in [1.165, 1.54) is 33.4 Å². The van der Waals surface area contributed by atoms with Crippen LogP contribution in [-0.4, -0.2) is 262 Å². The highest BCUT2D eigenvalue weighted by molar-refractivity contribution is 5.82. The van der Waals surface area contributed by atoms with Crippen LogP contribution in [0.25, 0.3) is 33.4 Å². The first-order valence-corrected chi connectivity index (χ1v) is 35.3. The van der Waals surface area contributed by atoms with Gasteiger partial charge < -0.3 is 79.8 Å². The number of benzene rings is 6. The molecule has 0 unspecified atom stereocenters. The van der Waals surface area contributed by atoms with Gasteiger partial charge >= 0.3 is 18.3 Å². The highest BCUT2D eigenvalue weighted by Gasteiger charge is 2.32. The number of nitrogens with one attached hydrogen (secondary N) is 7. The van der Waals surface area contributed by atoms with Gasteiger partial charge in [-0.3, -0.25) is 29.1 Å². The highest BCUT2D eigenvalue weighted by atomic mass is 16.6. The van der Waals surface area contributed by atoms with Crippen LogP contribution < -0.4 is 37.2 Å². The molecule has 6 amide bonds. The van der Waals surface area contributed by atoms with Gasteiger partial charge in [0.1, 0.15) is 19.8 Å². The molecule has 6 aromatic rings. The van der Waals surface area contributed by atoms with E-state index in [9.17, 15) is 28.8 Å². The molecule has 25 heteroatoms. The quantitative estimate of drug-likeness (QED) is 0.0175. The van der Waals surface area contributed by atoms with Crippen molar-refractivity contribution in [2.45, 2.75) is 17.8 Å². The summed E-state index contributed by atoms with van der Waals surface area (Å²) in [5, 5.41) is 20.4. The fraction of sp³-hybridized carbons (Fsp3) is 0.455. The molecule has 0 saturated heterocycles. The molecule has 0 heterocycles. The molecule has 102 heavy (non-hydrogen) atoms. The van der Waals surface area contributed by atoms with E-state index in [0.29, 0.717) is 125 Å². The molecule has 0 fully saturated rings. The molecule has 0 saturated carbocycles. The number of hydrogen-bond acceptors (Lipinski definition) is 19. The summed E-state index contributed by atoms with van der Waals surface area (Å²) in [6, 6.07) is 49.2. The summed E-state index contributed by atoms with van der Waals surface area (Å²) in [7, 11) is 3.72. The van der Waals surface area contributed by atoms with Crippen LogP contribution in [0.5, 0.6) is 0 Å². The van der Waals surface area contributed by atoms with Crippen LogP contribution in [0.1, 0.15) is 51.1 Å². The van der Waals surface area contributed by atoms with Crippen molar-refractivity contribution < 1.29 is 71.4 Å². The Balaban J connectivity index is 0.582. The number of amides is 6. The van der Waals surface area contributed by atoms with Gasteiger partial charge in [-0.05, 0) is 80.9 Å². The summed E-state index contributed by atoms with van der Waals surface area (Å²) in [4.78, 5) is 82.2. The van der Waals surface area contributed by atoms with Gasteiger partial charge in [0.05, 0.1) is 98.9 Å². The third kappa shape index (κ3) is 25.0. The first kappa shape index (κ1) is 77.3. The molecule has 3 aliphatic carbocycles. The first-order valence-electron chi connectivity index (χ1n) is 35.3. The monoisotopic (exact) mass is 1400 g/mol. The molecule has 6 aromatic carbocycles. The molecule has 3 aliphatic rings. The predicted octanol–water partition coefficient (Wildman–Crippen LogP) is 5.81. The number of nitrogens with zero attached hydrogens (tertiary/aromatic N) is 3. The van der Waals surface area contributed by atoms with Crippen molar-refractivity contribution in [1.29, 1.82) is 0 Å². The van der Waals surface area contributed by atoms with Gasteiger partial charge in [0, 0.05) is 96.3 Å². The highest BCUT2D eigenvalue weighted by Crippen LogP contribution is 2.47. The lowest BCUT2D eigenvalue weighted by atomic mass is 9.98. The van der Waals surface area contributed by atoms with Crippen LogP contribution in [0, 0.1) is 0 Å². The summed E-state index contributed by atoms with van der Waals surface area (Å²) in [6.45, 7) is 9.99.